The monoisotopic (exact) mass is 384 g/mol. The number of aromatic nitrogens is 4. The number of fused-ring (bicyclic) bond motifs is 1. The van der Waals surface area contributed by atoms with Crippen LogP contribution in [0.3, 0.4) is 0 Å². The molecule has 0 radical (unpaired) electrons. The first-order valence-corrected chi connectivity index (χ1v) is 9.32. The fourth-order valence-corrected chi connectivity index (χ4v) is 3.25. The summed E-state index contributed by atoms with van der Waals surface area (Å²) in [4.78, 5) is 22.6. The number of likely N-dealkylation sites (tertiary alicyclic amines) is 1. The Morgan fingerprint density at radius 3 is 2.89 bits per heavy atom. The van der Waals surface area contributed by atoms with Gasteiger partial charge in [0.15, 0.2) is 0 Å². The van der Waals surface area contributed by atoms with Crippen LogP contribution in [-0.2, 0) is 6.42 Å². The Hall–Kier alpha value is -3.07. The normalized spacial score (nSPS) is 14.0. The van der Waals surface area contributed by atoms with Crippen molar-refractivity contribution in [2.75, 3.05) is 25.0 Å². The number of aliphatic hydroxyl groups excluding tert-OH is 1. The lowest BCUT2D eigenvalue weighted by Crippen LogP contribution is -2.32. The molecule has 4 rings (SSSR count). The molecular formula is C19H21FN6O2. The molecule has 1 fully saturated rings. The fourth-order valence-electron chi connectivity index (χ4n) is 3.25. The number of urea groups is 1. The summed E-state index contributed by atoms with van der Waals surface area (Å²) >= 11 is 0. The molecule has 0 aliphatic carbocycles. The van der Waals surface area contributed by atoms with E-state index in [0.29, 0.717) is 30.0 Å². The van der Waals surface area contributed by atoms with Crippen LogP contribution >= 0.6 is 0 Å². The van der Waals surface area contributed by atoms with E-state index in [-0.39, 0.29) is 18.2 Å². The molecule has 1 aromatic carbocycles. The Morgan fingerprint density at radius 1 is 1.29 bits per heavy atom. The van der Waals surface area contributed by atoms with Crippen molar-refractivity contribution in [1.82, 2.24) is 24.5 Å². The smallest absolute Gasteiger partial charge is 0.321 e. The van der Waals surface area contributed by atoms with E-state index in [4.69, 9.17) is 5.11 Å². The Kier molecular flexibility index (Phi) is 5.16. The van der Waals surface area contributed by atoms with Gasteiger partial charge in [-0.05, 0) is 43.9 Å². The van der Waals surface area contributed by atoms with Gasteiger partial charge in [-0.3, -0.25) is 0 Å². The molecule has 2 amide bonds. The molecule has 8 nitrogen and oxygen atoms in total. The van der Waals surface area contributed by atoms with E-state index >= 15 is 0 Å². The number of amides is 2. The van der Waals surface area contributed by atoms with Crippen molar-refractivity contribution in [3.63, 3.8) is 0 Å². The van der Waals surface area contributed by atoms with Gasteiger partial charge in [-0.2, -0.15) is 5.10 Å². The van der Waals surface area contributed by atoms with Gasteiger partial charge in [0.05, 0.1) is 23.8 Å². The lowest BCUT2D eigenvalue weighted by Gasteiger charge is -2.16. The number of halogens is 1. The van der Waals surface area contributed by atoms with Gasteiger partial charge < -0.3 is 15.3 Å². The van der Waals surface area contributed by atoms with Crippen LogP contribution in [-0.4, -0.2) is 55.3 Å². The summed E-state index contributed by atoms with van der Waals surface area (Å²) in [6.45, 7) is 1.56. The van der Waals surface area contributed by atoms with Crippen molar-refractivity contribution in [2.24, 2.45) is 0 Å². The molecule has 0 unspecified atom stereocenters. The molecule has 146 valence electrons. The highest BCUT2D eigenvalue weighted by Gasteiger charge is 2.19. The number of hydrogen-bond acceptors (Lipinski definition) is 5. The van der Waals surface area contributed by atoms with Crippen molar-refractivity contribution in [3.8, 4) is 11.3 Å². The van der Waals surface area contributed by atoms with E-state index < -0.39 is 5.82 Å². The summed E-state index contributed by atoms with van der Waals surface area (Å²) in [7, 11) is 0. The SMILES string of the molecule is O=C(Nc1ccc(F)c(-c2cn3nc(CCCO)cnc3n2)c1)N1CCCC1. The van der Waals surface area contributed by atoms with Crippen LogP contribution in [0.25, 0.3) is 17.0 Å². The third-order valence-electron chi connectivity index (χ3n) is 4.71. The highest BCUT2D eigenvalue weighted by atomic mass is 19.1. The average molecular weight is 384 g/mol. The number of aryl methyl sites for hydroxylation is 1. The number of nitrogens with zero attached hydrogens (tertiary/aromatic N) is 5. The third kappa shape index (κ3) is 3.79. The molecule has 28 heavy (non-hydrogen) atoms. The first-order chi connectivity index (χ1) is 13.6. The summed E-state index contributed by atoms with van der Waals surface area (Å²) in [6.07, 6.45) is 6.40. The molecule has 1 aliphatic heterocycles. The van der Waals surface area contributed by atoms with Crippen LogP contribution in [0.1, 0.15) is 25.0 Å². The number of hydrogen-bond donors (Lipinski definition) is 2. The first-order valence-electron chi connectivity index (χ1n) is 9.32. The standard InChI is InChI=1S/C19H21FN6O2/c20-16-6-5-13(22-19(28)25-7-1-2-8-25)10-15(16)17-12-26-18(23-17)21-11-14(24-26)4-3-9-27/h5-6,10-12,27H,1-4,7-9H2,(H,22,28). The highest BCUT2D eigenvalue weighted by molar-refractivity contribution is 5.90. The summed E-state index contributed by atoms with van der Waals surface area (Å²) in [5, 5.41) is 16.2. The molecule has 1 saturated heterocycles. The summed E-state index contributed by atoms with van der Waals surface area (Å²) in [5.41, 5.74) is 1.88. The molecular weight excluding hydrogens is 363 g/mol. The molecule has 2 N–H and O–H groups in total. The molecule has 0 atom stereocenters. The van der Waals surface area contributed by atoms with Crippen molar-refractivity contribution in [2.45, 2.75) is 25.7 Å². The van der Waals surface area contributed by atoms with Gasteiger partial charge in [-0.25, -0.2) is 23.7 Å². The van der Waals surface area contributed by atoms with E-state index in [2.05, 4.69) is 20.4 Å². The number of carbonyl (C=O) groups excluding carboxylic acids is 1. The Bertz CT molecular complexity index is 999. The van der Waals surface area contributed by atoms with Crippen molar-refractivity contribution >= 4 is 17.5 Å². The lowest BCUT2D eigenvalue weighted by molar-refractivity contribution is 0.222. The summed E-state index contributed by atoms with van der Waals surface area (Å²) < 4.78 is 15.9. The number of nitrogens with one attached hydrogen (secondary N) is 1. The van der Waals surface area contributed by atoms with Crippen LogP contribution in [0, 0.1) is 5.82 Å². The summed E-state index contributed by atoms with van der Waals surface area (Å²) in [6, 6.07) is 4.23. The summed E-state index contributed by atoms with van der Waals surface area (Å²) in [5.74, 6) is -0.0864. The second kappa shape index (κ2) is 7.89. The minimum atomic E-state index is -0.442. The van der Waals surface area contributed by atoms with Crippen LogP contribution in [0.5, 0.6) is 0 Å². The zero-order valence-corrected chi connectivity index (χ0v) is 15.3. The van der Waals surface area contributed by atoms with Crippen molar-refractivity contribution < 1.29 is 14.3 Å². The van der Waals surface area contributed by atoms with Crippen molar-refractivity contribution in [1.29, 1.82) is 0 Å². The molecule has 0 spiro atoms. The van der Waals surface area contributed by atoms with Gasteiger partial charge in [0, 0.05) is 30.9 Å². The Morgan fingerprint density at radius 2 is 2.11 bits per heavy atom. The molecule has 1 aliphatic rings. The number of aliphatic hydroxyl groups is 1. The molecule has 3 heterocycles. The topological polar surface area (TPSA) is 95.7 Å². The van der Waals surface area contributed by atoms with E-state index in [0.717, 1.165) is 31.6 Å². The molecule has 9 heteroatoms. The van der Waals surface area contributed by atoms with E-state index in [1.54, 1.807) is 23.4 Å². The largest absolute Gasteiger partial charge is 0.396 e. The molecule has 0 saturated carbocycles. The van der Waals surface area contributed by atoms with E-state index in [1.165, 1.54) is 16.6 Å². The predicted octanol–water partition coefficient (Wildman–Crippen LogP) is 2.48. The average Bonchev–Trinajstić information content (AvgIpc) is 3.37. The zero-order chi connectivity index (χ0) is 19.5. The van der Waals surface area contributed by atoms with Crippen LogP contribution < -0.4 is 5.32 Å². The fraction of sp³-hybridized carbons (Fsp3) is 0.368. The van der Waals surface area contributed by atoms with Crippen molar-refractivity contribution in [3.05, 3.63) is 42.1 Å². The number of carbonyl (C=O) groups is 1. The molecule has 3 aromatic rings. The highest BCUT2D eigenvalue weighted by Crippen LogP contribution is 2.26. The molecule has 2 aromatic heterocycles. The lowest BCUT2D eigenvalue weighted by atomic mass is 10.1. The number of anilines is 1. The maximum absolute atomic E-state index is 14.4. The maximum Gasteiger partial charge on any atom is 0.321 e. The Balaban J connectivity index is 1.59. The zero-order valence-electron chi connectivity index (χ0n) is 15.3. The van der Waals surface area contributed by atoms with Crippen LogP contribution in [0.15, 0.2) is 30.6 Å². The van der Waals surface area contributed by atoms with Gasteiger partial charge in [0.2, 0.25) is 0 Å². The van der Waals surface area contributed by atoms with Gasteiger partial charge in [-0.1, -0.05) is 0 Å². The Labute approximate surface area is 161 Å². The first kappa shape index (κ1) is 18.3. The van der Waals surface area contributed by atoms with E-state index in [1.807, 2.05) is 0 Å². The second-order valence-corrected chi connectivity index (χ2v) is 6.77. The predicted molar refractivity (Wildman–Crippen MR) is 101 cm³/mol. The minimum Gasteiger partial charge on any atom is -0.396 e. The minimum absolute atomic E-state index is 0.0794. The number of imidazole rings is 1. The van der Waals surface area contributed by atoms with Gasteiger partial charge in [0.25, 0.3) is 5.78 Å². The quantitative estimate of drug-likeness (QED) is 0.705. The third-order valence-corrected chi connectivity index (χ3v) is 4.71. The number of rotatable bonds is 5. The molecule has 0 bridgehead atoms. The van der Waals surface area contributed by atoms with Gasteiger partial charge in [0.1, 0.15) is 5.82 Å². The van der Waals surface area contributed by atoms with Crippen LogP contribution in [0.2, 0.25) is 0 Å². The van der Waals surface area contributed by atoms with E-state index in [9.17, 15) is 9.18 Å². The van der Waals surface area contributed by atoms with Gasteiger partial charge in [-0.15, -0.1) is 0 Å². The van der Waals surface area contributed by atoms with Gasteiger partial charge >= 0.3 is 6.03 Å². The second-order valence-electron chi connectivity index (χ2n) is 6.77. The maximum atomic E-state index is 14.4. The van der Waals surface area contributed by atoms with Crippen LogP contribution in [0.4, 0.5) is 14.9 Å². The number of benzene rings is 1.